The Morgan fingerprint density at radius 1 is 1.13 bits per heavy atom. The average molecular weight is 342 g/mol. The molecule has 0 fully saturated rings. The van der Waals surface area contributed by atoms with Crippen molar-refractivity contribution in [2.75, 3.05) is 5.32 Å². The van der Waals surface area contributed by atoms with Gasteiger partial charge in [-0.2, -0.15) is 9.61 Å². The molecule has 0 aliphatic carbocycles. The molecule has 0 radical (unpaired) electrons. The van der Waals surface area contributed by atoms with E-state index in [4.69, 9.17) is 11.6 Å². The summed E-state index contributed by atoms with van der Waals surface area (Å²) in [5.74, 6) is 0.823. The third-order valence-electron chi connectivity index (χ3n) is 3.42. The van der Waals surface area contributed by atoms with E-state index in [1.54, 1.807) is 28.2 Å². The minimum absolute atomic E-state index is 0.642. The fourth-order valence-corrected chi connectivity index (χ4v) is 3.10. The second-order valence-corrected chi connectivity index (χ2v) is 6.28. The van der Waals surface area contributed by atoms with Gasteiger partial charge in [0.1, 0.15) is 10.8 Å². The molecule has 0 spiro atoms. The van der Waals surface area contributed by atoms with E-state index in [1.807, 2.05) is 41.8 Å². The third kappa shape index (κ3) is 2.78. The average Bonchev–Trinajstić information content (AvgIpc) is 3.22. The fourth-order valence-electron chi connectivity index (χ4n) is 2.31. The molecule has 0 saturated carbocycles. The Balaban J connectivity index is 1.70. The molecule has 3 aromatic heterocycles. The van der Waals surface area contributed by atoms with Crippen LogP contribution >= 0.6 is 22.9 Å². The van der Waals surface area contributed by atoms with Crippen molar-refractivity contribution in [2.24, 2.45) is 0 Å². The molecular formula is C16H12ClN5S. The zero-order chi connectivity index (χ0) is 15.6. The predicted molar refractivity (Wildman–Crippen MR) is 92.9 cm³/mol. The summed E-state index contributed by atoms with van der Waals surface area (Å²) in [7, 11) is 0. The van der Waals surface area contributed by atoms with Crippen LogP contribution < -0.4 is 5.32 Å². The van der Waals surface area contributed by atoms with Crippen LogP contribution in [0.5, 0.6) is 0 Å². The molecule has 0 amide bonds. The van der Waals surface area contributed by atoms with E-state index >= 15 is 0 Å². The number of hydrogen-bond acceptors (Lipinski definition) is 5. The van der Waals surface area contributed by atoms with Crippen LogP contribution in [-0.2, 0) is 6.54 Å². The van der Waals surface area contributed by atoms with Gasteiger partial charge in [-0.25, -0.2) is 9.97 Å². The number of fused-ring (bicyclic) bond motifs is 1. The summed E-state index contributed by atoms with van der Waals surface area (Å²) in [6.07, 6.45) is 3.57. The van der Waals surface area contributed by atoms with Crippen LogP contribution in [0.1, 0.15) is 5.01 Å². The Morgan fingerprint density at radius 3 is 2.87 bits per heavy atom. The van der Waals surface area contributed by atoms with Crippen molar-refractivity contribution in [1.29, 1.82) is 0 Å². The Kier molecular flexibility index (Phi) is 3.69. The van der Waals surface area contributed by atoms with Crippen molar-refractivity contribution in [3.05, 3.63) is 64.2 Å². The third-order valence-corrected chi connectivity index (χ3v) is 4.53. The van der Waals surface area contributed by atoms with E-state index in [0.717, 1.165) is 27.7 Å². The van der Waals surface area contributed by atoms with Gasteiger partial charge < -0.3 is 5.32 Å². The molecule has 0 aliphatic heterocycles. The summed E-state index contributed by atoms with van der Waals surface area (Å²) < 4.78 is 1.78. The molecule has 0 saturated heterocycles. The highest BCUT2D eigenvalue weighted by atomic mass is 35.5. The summed E-state index contributed by atoms with van der Waals surface area (Å²) >= 11 is 7.88. The minimum atomic E-state index is 0.642. The van der Waals surface area contributed by atoms with E-state index in [-0.39, 0.29) is 0 Å². The molecule has 7 heteroatoms. The van der Waals surface area contributed by atoms with Gasteiger partial charge >= 0.3 is 0 Å². The molecule has 0 atom stereocenters. The molecule has 5 nitrogen and oxygen atoms in total. The van der Waals surface area contributed by atoms with Gasteiger partial charge in [0.2, 0.25) is 0 Å². The summed E-state index contributed by atoms with van der Waals surface area (Å²) in [6.45, 7) is 0.642. The number of nitrogens with zero attached hydrogens (tertiary/aromatic N) is 4. The number of imidazole rings is 1. The lowest BCUT2D eigenvalue weighted by Gasteiger charge is -2.06. The van der Waals surface area contributed by atoms with Crippen LogP contribution in [0.3, 0.4) is 0 Å². The Morgan fingerprint density at radius 2 is 2.04 bits per heavy atom. The number of nitrogens with one attached hydrogen (secondary N) is 1. The molecule has 3 heterocycles. The van der Waals surface area contributed by atoms with E-state index in [1.165, 1.54) is 0 Å². The first kappa shape index (κ1) is 14.2. The highest BCUT2D eigenvalue weighted by Gasteiger charge is 2.09. The topological polar surface area (TPSA) is 55.1 Å². The number of halogens is 1. The molecule has 23 heavy (non-hydrogen) atoms. The smallest absolute Gasteiger partial charge is 0.155 e. The number of rotatable bonds is 4. The molecule has 114 valence electrons. The Bertz CT molecular complexity index is 948. The molecule has 4 aromatic rings. The van der Waals surface area contributed by atoms with Crippen LogP contribution in [0.25, 0.3) is 16.9 Å². The Hall–Kier alpha value is -2.44. The van der Waals surface area contributed by atoms with Crippen LogP contribution in [0.4, 0.5) is 5.82 Å². The number of benzene rings is 1. The molecule has 0 bridgehead atoms. The van der Waals surface area contributed by atoms with Crippen molar-refractivity contribution in [1.82, 2.24) is 19.6 Å². The Labute approximate surface area is 141 Å². The monoisotopic (exact) mass is 341 g/mol. The lowest BCUT2D eigenvalue weighted by Crippen LogP contribution is -2.04. The maximum Gasteiger partial charge on any atom is 0.155 e. The number of thiazole rings is 1. The summed E-state index contributed by atoms with van der Waals surface area (Å²) in [5.41, 5.74) is 2.48. The minimum Gasteiger partial charge on any atom is -0.362 e. The first-order valence-electron chi connectivity index (χ1n) is 7.03. The van der Waals surface area contributed by atoms with Gasteiger partial charge in [0.25, 0.3) is 0 Å². The highest BCUT2D eigenvalue weighted by Crippen LogP contribution is 2.26. The first-order chi connectivity index (χ1) is 11.3. The van der Waals surface area contributed by atoms with Crippen LogP contribution in [0.2, 0.25) is 5.02 Å². The fraction of sp³-hybridized carbons (Fsp3) is 0.0625. The van der Waals surface area contributed by atoms with Crippen molar-refractivity contribution < 1.29 is 0 Å². The van der Waals surface area contributed by atoms with Gasteiger partial charge in [-0.05, 0) is 18.2 Å². The normalized spacial score (nSPS) is 11.0. The van der Waals surface area contributed by atoms with Gasteiger partial charge in [0, 0.05) is 17.1 Å². The summed E-state index contributed by atoms with van der Waals surface area (Å²) in [4.78, 5) is 8.62. The highest BCUT2D eigenvalue weighted by molar-refractivity contribution is 7.09. The van der Waals surface area contributed by atoms with E-state index < -0.39 is 0 Å². The summed E-state index contributed by atoms with van der Waals surface area (Å²) in [5, 5.41) is 11.6. The van der Waals surface area contributed by atoms with Gasteiger partial charge in [0.05, 0.1) is 23.5 Å². The molecule has 0 aliphatic rings. The van der Waals surface area contributed by atoms with Crippen LogP contribution in [0.15, 0.2) is 54.2 Å². The van der Waals surface area contributed by atoms with Gasteiger partial charge in [-0.3, -0.25) is 0 Å². The lowest BCUT2D eigenvalue weighted by molar-refractivity contribution is 0.928. The van der Waals surface area contributed by atoms with Crippen LogP contribution in [-0.4, -0.2) is 19.6 Å². The van der Waals surface area contributed by atoms with Crippen molar-refractivity contribution in [2.45, 2.75) is 6.54 Å². The second kappa shape index (κ2) is 5.98. The number of hydrogen-bond donors (Lipinski definition) is 1. The van der Waals surface area contributed by atoms with E-state index in [0.29, 0.717) is 11.6 Å². The maximum atomic E-state index is 6.26. The largest absolute Gasteiger partial charge is 0.362 e. The van der Waals surface area contributed by atoms with Crippen molar-refractivity contribution in [3.8, 4) is 11.3 Å². The molecule has 1 aromatic carbocycles. The quantitative estimate of drug-likeness (QED) is 0.606. The van der Waals surface area contributed by atoms with Gasteiger partial charge in [0.15, 0.2) is 5.65 Å². The SMILES string of the molecule is Clc1ccccc1-c1ccc2ncc(NCc3nccs3)n2n1. The number of anilines is 1. The predicted octanol–water partition coefficient (Wildman–Crippen LogP) is 4.12. The molecule has 4 rings (SSSR count). The van der Waals surface area contributed by atoms with Gasteiger partial charge in [-0.1, -0.05) is 29.8 Å². The molecule has 1 N–H and O–H groups in total. The van der Waals surface area contributed by atoms with Crippen LogP contribution in [0, 0.1) is 0 Å². The summed E-state index contributed by atoms with van der Waals surface area (Å²) in [6, 6.07) is 11.5. The molecular weight excluding hydrogens is 330 g/mol. The van der Waals surface area contributed by atoms with Gasteiger partial charge in [-0.15, -0.1) is 11.3 Å². The van der Waals surface area contributed by atoms with Crippen molar-refractivity contribution >= 4 is 34.4 Å². The standard InChI is InChI=1S/C16H12ClN5S/c17-12-4-2-1-3-11(12)13-5-6-14-19-9-15(22(14)21-13)20-10-16-18-7-8-23-16/h1-9,20H,10H2. The van der Waals surface area contributed by atoms with E-state index in [9.17, 15) is 0 Å². The molecule has 0 unspecified atom stereocenters. The lowest BCUT2D eigenvalue weighted by atomic mass is 10.1. The first-order valence-corrected chi connectivity index (χ1v) is 8.29. The van der Waals surface area contributed by atoms with Crippen molar-refractivity contribution in [3.63, 3.8) is 0 Å². The zero-order valence-corrected chi connectivity index (χ0v) is 13.6. The number of aromatic nitrogens is 4. The second-order valence-electron chi connectivity index (χ2n) is 4.89. The maximum absolute atomic E-state index is 6.26. The van der Waals surface area contributed by atoms with E-state index in [2.05, 4.69) is 20.4 Å². The zero-order valence-electron chi connectivity index (χ0n) is 12.0.